The van der Waals surface area contributed by atoms with Crippen molar-refractivity contribution in [2.24, 2.45) is 0 Å². The second-order valence-corrected chi connectivity index (χ2v) is 7.43. The van der Waals surface area contributed by atoms with Gasteiger partial charge in [0, 0.05) is 37.9 Å². The molecule has 1 aliphatic rings. The molecule has 26 heavy (non-hydrogen) atoms. The molecule has 1 aliphatic heterocycles. The predicted molar refractivity (Wildman–Crippen MR) is 101 cm³/mol. The number of aromatic nitrogens is 2. The summed E-state index contributed by atoms with van der Waals surface area (Å²) in [7, 11) is 3.97. The molecule has 3 rings (SSSR count). The van der Waals surface area contributed by atoms with Gasteiger partial charge in [-0.15, -0.1) is 0 Å². The Hall–Kier alpha value is -2.08. The first-order chi connectivity index (χ1) is 12.6. The van der Waals surface area contributed by atoms with E-state index in [1.54, 1.807) is 6.07 Å². The van der Waals surface area contributed by atoms with Crippen molar-refractivity contribution in [2.45, 2.75) is 51.6 Å². The lowest BCUT2D eigenvalue weighted by molar-refractivity contribution is 0.0668. The second-order valence-electron chi connectivity index (χ2n) is 7.43. The van der Waals surface area contributed by atoms with Gasteiger partial charge in [0.05, 0.1) is 6.54 Å². The summed E-state index contributed by atoms with van der Waals surface area (Å²) in [5.74, 6) is 2.67. The molecule has 0 N–H and O–H groups in total. The van der Waals surface area contributed by atoms with Gasteiger partial charge in [0.15, 0.2) is 5.76 Å². The molecule has 1 amide bonds. The zero-order chi connectivity index (χ0) is 18.5. The lowest BCUT2D eigenvalue weighted by atomic mass is 9.97. The molecule has 2 aromatic rings. The number of nitrogens with zero attached hydrogens (tertiary/aromatic N) is 4. The van der Waals surface area contributed by atoms with Crippen LogP contribution in [0.2, 0.25) is 0 Å². The molecule has 6 nitrogen and oxygen atoms in total. The molecule has 0 spiro atoms. The lowest BCUT2D eigenvalue weighted by Crippen LogP contribution is -2.39. The van der Waals surface area contributed by atoms with Gasteiger partial charge in [-0.3, -0.25) is 4.79 Å². The number of carbonyl (C=O) groups is 1. The maximum absolute atomic E-state index is 12.9. The molecule has 0 saturated carbocycles. The van der Waals surface area contributed by atoms with Crippen LogP contribution in [-0.2, 0) is 13.1 Å². The maximum Gasteiger partial charge on any atom is 0.289 e. The van der Waals surface area contributed by atoms with Gasteiger partial charge in [0.25, 0.3) is 5.91 Å². The first kappa shape index (κ1) is 18.7. The van der Waals surface area contributed by atoms with Gasteiger partial charge in [-0.1, -0.05) is 13.3 Å². The number of aryl methyl sites for hydroxylation is 1. The number of likely N-dealkylation sites (tertiary alicyclic amines) is 1. The maximum atomic E-state index is 12.9. The number of piperidine rings is 1. The minimum Gasteiger partial charge on any atom is -0.455 e. The second kappa shape index (κ2) is 8.54. The first-order valence-corrected chi connectivity index (χ1v) is 9.62. The smallest absolute Gasteiger partial charge is 0.289 e. The highest BCUT2D eigenvalue weighted by Crippen LogP contribution is 2.27. The minimum atomic E-state index is -0.00799. The zero-order valence-electron chi connectivity index (χ0n) is 16.1. The largest absolute Gasteiger partial charge is 0.455 e. The summed E-state index contributed by atoms with van der Waals surface area (Å²) in [6.45, 7) is 5.40. The van der Waals surface area contributed by atoms with Crippen molar-refractivity contribution in [3.8, 4) is 0 Å². The van der Waals surface area contributed by atoms with Gasteiger partial charge in [0.1, 0.15) is 11.6 Å². The van der Waals surface area contributed by atoms with Crippen LogP contribution in [0.1, 0.15) is 60.7 Å². The molecule has 0 unspecified atom stereocenters. The van der Waals surface area contributed by atoms with Gasteiger partial charge in [-0.2, -0.15) is 0 Å². The summed E-state index contributed by atoms with van der Waals surface area (Å²) in [5, 5.41) is 0. The van der Waals surface area contributed by atoms with E-state index < -0.39 is 0 Å². The molecule has 3 heterocycles. The highest BCUT2D eigenvalue weighted by molar-refractivity contribution is 5.91. The van der Waals surface area contributed by atoms with Crippen molar-refractivity contribution in [1.29, 1.82) is 0 Å². The predicted octanol–water partition coefficient (Wildman–Crippen LogP) is 3.36. The van der Waals surface area contributed by atoms with E-state index in [1.165, 1.54) is 6.42 Å². The average Bonchev–Trinajstić information content (AvgIpc) is 3.28. The Kier molecular flexibility index (Phi) is 6.14. The van der Waals surface area contributed by atoms with Gasteiger partial charge in [-0.05, 0) is 45.5 Å². The number of rotatable bonds is 7. The van der Waals surface area contributed by atoms with Crippen molar-refractivity contribution < 1.29 is 9.21 Å². The van der Waals surface area contributed by atoms with Gasteiger partial charge in [-0.25, -0.2) is 4.98 Å². The topological polar surface area (TPSA) is 54.5 Å². The third-order valence-electron chi connectivity index (χ3n) is 4.92. The van der Waals surface area contributed by atoms with E-state index in [-0.39, 0.29) is 5.91 Å². The number of amides is 1. The standard InChI is InChI=1S/C20H30N4O2/c1-4-5-11-23-13-10-21-19(23)16-7-6-12-24(14-16)20(25)18-9-8-17(26-18)15-22(2)3/h8-10,13,16H,4-7,11-12,14-15H2,1-3H3/t16-/m1/s1. The molecule has 142 valence electrons. The Morgan fingerprint density at radius 3 is 3.00 bits per heavy atom. The highest BCUT2D eigenvalue weighted by atomic mass is 16.4. The van der Waals surface area contributed by atoms with Crippen LogP contribution in [0.25, 0.3) is 0 Å². The molecule has 1 atom stereocenters. The van der Waals surface area contributed by atoms with Crippen molar-refractivity contribution in [1.82, 2.24) is 19.4 Å². The van der Waals surface area contributed by atoms with Crippen LogP contribution >= 0.6 is 0 Å². The van der Waals surface area contributed by atoms with Gasteiger partial charge in [0.2, 0.25) is 0 Å². The zero-order valence-corrected chi connectivity index (χ0v) is 16.1. The Morgan fingerprint density at radius 1 is 1.38 bits per heavy atom. The number of carbonyl (C=O) groups excluding carboxylic acids is 1. The van der Waals surface area contributed by atoms with Crippen molar-refractivity contribution in [2.75, 3.05) is 27.2 Å². The van der Waals surface area contributed by atoms with Crippen molar-refractivity contribution in [3.05, 3.63) is 41.9 Å². The van der Waals surface area contributed by atoms with Crippen LogP contribution in [0.4, 0.5) is 0 Å². The van der Waals surface area contributed by atoms with Crippen LogP contribution in [0.15, 0.2) is 28.9 Å². The summed E-state index contributed by atoms with van der Waals surface area (Å²) in [5.41, 5.74) is 0. The molecular weight excluding hydrogens is 328 g/mol. The van der Waals surface area contributed by atoms with Crippen molar-refractivity contribution in [3.63, 3.8) is 0 Å². The van der Waals surface area contributed by atoms with E-state index in [4.69, 9.17) is 4.42 Å². The average molecular weight is 358 g/mol. The fourth-order valence-corrected chi connectivity index (χ4v) is 3.62. The quantitative estimate of drug-likeness (QED) is 0.762. The van der Waals surface area contributed by atoms with Crippen LogP contribution in [0.3, 0.4) is 0 Å². The van der Waals surface area contributed by atoms with E-state index in [2.05, 4.69) is 22.7 Å². The van der Waals surface area contributed by atoms with E-state index in [0.29, 0.717) is 24.8 Å². The molecule has 2 aromatic heterocycles. The third kappa shape index (κ3) is 4.36. The molecule has 1 fully saturated rings. The minimum absolute atomic E-state index is 0.00799. The Labute approximate surface area is 155 Å². The highest BCUT2D eigenvalue weighted by Gasteiger charge is 2.29. The fourth-order valence-electron chi connectivity index (χ4n) is 3.62. The van der Waals surface area contributed by atoms with E-state index >= 15 is 0 Å². The number of hydrogen-bond acceptors (Lipinski definition) is 4. The Bertz CT molecular complexity index is 719. The molecule has 1 saturated heterocycles. The normalized spacial score (nSPS) is 17.8. The Morgan fingerprint density at radius 2 is 2.23 bits per heavy atom. The molecule has 6 heteroatoms. The van der Waals surface area contributed by atoms with Crippen molar-refractivity contribution >= 4 is 5.91 Å². The Balaban J connectivity index is 1.67. The van der Waals surface area contributed by atoms with Gasteiger partial charge >= 0.3 is 0 Å². The summed E-state index contributed by atoms with van der Waals surface area (Å²) < 4.78 is 8.01. The van der Waals surface area contributed by atoms with Gasteiger partial charge < -0.3 is 18.8 Å². The monoisotopic (exact) mass is 358 g/mol. The van der Waals surface area contributed by atoms with Crippen LogP contribution in [0.5, 0.6) is 0 Å². The van der Waals surface area contributed by atoms with Crippen LogP contribution in [-0.4, -0.2) is 52.4 Å². The van der Waals surface area contributed by atoms with Crippen LogP contribution < -0.4 is 0 Å². The number of unbranched alkanes of at least 4 members (excludes halogenated alkanes) is 1. The molecule has 0 aromatic carbocycles. The fraction of sp³-hybridized carbons (Fsp3) is 0.600. The summed E-state index contributed by atoms with van der Waals surface area (Å²) >= 11 is 0. The summed E-state index contributed by atoms with van der Waals surface area (Å²) in [4.78, 5) is 21.4. The molecule has 0 radical (unpaired) electrons. The number of hydrogen-bond donors (Lipinski definition) is 0. The lowest BCUT2D eigenvalue weighted by Gasteiger charge is -2.32. The SMILES string of the molecule is CCCCn1ccnc1[C@@H]1CCCN(C(=O)c2ccc(CN(C)C)o2)C1. The molecule has 0 bridgehead atoms. The van der Waals surface area contributed by atoms with E-state index in [0.717, 1.165) is 43.9 Å². The molecular formula is C20H30N4O2. The third-order valence-corrected chi connectivity index (χ3v) is 4.92. The first-order valence-electron chi connectivity index (χ1n) is 9.62. The number of imidazole rings is 1. The number of furan rings is 1. The summed E-state index contributed by atoms with van der Waals surface area (Å²) in [6.07, 6.45) is 8.34. The summed E-state index contributed by atoms with van der Waals surface area (Å²) in [6, 6.07) is 3.69. The van der Waals surface area contributed by atoms with E-state index in [1.807, 2.05) is 36.2 Å². The van der Waals surface area contributed by atoms with E-state index in [9.17, 15) is 4.79 Å². The van der Waals surface area contributed by atoms with Crippen LogP contribution in [0, 0.1) is 0 Å². The molecule has 0 aliphatic carbocycles.